The Kier molecular flexibility index (Phi) is 5.82. The number of hydrogen-bond donors (Lipinski definition) is 0. The third-order valence-electron chi connectivity index (χ3n) is 5.70. The van der Waals surface area contributed by atoms with Crippen LogP contribution < -0.4 is 4.90 Å². The predicted octanol–water partition coefficient (Wildman–Crippen LogP) is 3.84. The highest BCUT2D eigenvalue weighted by Gasteiger charge is 2.24. The number of aryl methyl sites for hydroxylation is 2. The number of morpholine rings is 1. The van der Waals surface area contributed by atoms with Crippen molar-refractivity contribution in [3.63, 3.8) is 0 Å². The maximum Gasteiger partial charge on any atom is 0.280 e. The second kappa shape index (κ2) is 8.90. The minimum atomic E-state index is -0.176. The molecular weight excluding hydrogens is 422 g/mol. The van der Waals surface area contributed by atoms with Crippen LogP contribution in [0.15, 0.2) is 42.6 Å². The Bertz CT molecular complexity index is 1280. The molecule has 5 rings (SSSR count). The van der Waals surface area contributed by atoms with E-state index in [0.29, 0.717) is 22.9 Å². The highest BCUT2D eigenvalue weighted by molar-refractivity contribution is 7.22. The van der Waals surface area contributed by atoms with Gasteiger partial charge in [0, 0.05) is 26.2 Å². The van der Waals surface area contributed by atoms with E-state index < -0.39 is 0 Å². The van der Waals surface area contributed by atoms with Crippen LogP contribution in [0.25, 0.3) is 21.3 Å². The van der Waals surface area contributed by atoms with Crippen LogP contribution in [0.1, 0.15) is 21.6 Å². The molecule has 1 aliphatic rings. The second-order valence-electron chi connectivity index (χ2n) is 8.08. The third-order valence-corrected chi connectivity index (χ3v) is 6.93. The number of carbonyl (C=O) groups is 1. The zero-order valence-corrected chi connectivity index (χ0v) is 19.1. The van der Waals surface area contributed by atoms with Gasteiger partial charge in [0.05, 0.1) is 40.7 Å². The fourth-order valence-electron chi connectivity index (χ4n) is 4.03. The summed E-state index contributed by atoms with van der Waals surface area (Å²) in [4.78, 5) is 31.6. The summed E-state index contributed by atoms with van der Waals surface area (Å²) < 4.78 is 6.57. The molecule has 0 saturated carbocycles. The highest BCUT2D eigenvalue weighted by atomic mass is 32.1. The summed E-state index contributed by atoms with van der Waals surface area (Å²) in [7, 11) is 0. The molecule has 0 unspecified atom stereocenters. The van der Waals surface area contributed by atoms with E-state index in [1.165, 1.54) is 11.1 Å². The van der Waals surface area contributed by atoms with E-state index in [1.807, 2.05) is 24.3 Å². The Morgan fingerprint density at radius 3 is 2.69 bits per heavy atom. The maximum absolute atomic E-state index is 13.6. The Hall–Kier alpha value is -2.94. The number of aromatic nitrogens is 3. The summed E-state index contributed by atoms with van der Waals surface area (Å²) >= 11 is 1.56. The topological polar surface area (TPSA) is 71.5 Å². The van der Waals surface area contributed by atoms with E-state index in [9.17, 15) is 4.79 Å². The number of rotatable bonds is 5. The lowest BCUT2D eigenvalue weighted by atomic mass is 10.1. The molecule has 1 amide bonds. The van der Waals surface area contributed by atoms with Gasteiger partial charge in [-0.2, -0.15) is 0 Å². The van der Waals surface area contributed by atoms with Gasteiger partial charge in [0.25, 0.3) is 5.91 Å². The Balaban J connectivity index is 1.50. The standard InChI is InChI=1S/C24H25N5O2S/c1-16-13-17(2)22-20(14-16)27-24(32-22)29(8-7-28-9-11-31-12-10-28)23(30)21-15-25-18-5-3-4-6-19(18)26-21/h3-6,13-15H,7-12H2,1-2H3. The molecule has 1 aliphatic heterocycles. The SMILES string of the molecule is Cc1cc(C)c2sc(N(CCN3CCOCC3)C(=O)c3cnc4ccccc4n3)nc2c1. The largest absolute Gasteiger partial charge is 0.379 e. The average molecular weight is 448 g/mol. The van der Waals surface area contributed by atoms with Crippen LogP contribution in [0, 0.1) is 13.8 Å². The molecule has 3 heterocycles. The van der Waals surface area contributed by atoms with Gasteiger partial charge in [0.1, 0.15) is 5.69 Å². The van der Waals surface area contributed by atoms with Crippen LogP contribution >= 0.6 is 11.3 Å². The zero-order valence-electron chi connectivity index (χ0n) is 18.2. The van der Waals surface area contributed by atoms with Crippen molar-refractivity contribution in [2.75, 3.05) is 44.3 Å². The first kappa shape index (κ1) is 20.9. The highest BCUT2D eigenvalue weighted by Crippen LogP contribution is 2.32. The van der Waals surface area contributed by atoms with Crippen molar-refractivity contribution >= 4 is 43.6 Å². The van der Waals surface area contributed by atoms with E-state index in [4.69, 9.17) is 9.72 Å². The van der Waals surface area contributed by atoms with Crippen molar-refractivity contribution in [3.8, 4) is 0 Å². The Morgan fingerprint density at radius 1 is 1.09 bits per heavy atom. The number of fused-ring (bicyclic) bond motifs is 2. The van der Waals surface area contributed by atoms with Crippen LogP contribution in [-0.4, -0.2) is 65.2 Å². The molecule has 8 heteroatoms. The van der Waals surface area contributed by atoms with Crippen molar-refractivity contribution in [1.82, 2.24) is 19.9 Å². The van der Waals surface area contributed by atoms with Gasteiger partial charge in [-0.1, -0.05) is 29.5 Å². The fraction of sp³-hybridized carbons (Fsp3) is 0.333. The lowest BCUT2D eigenvalue weighted by molar-refractivity contribution is 0.0391. The number of ether oxygens (including phenoxy) is 1. The lowest BCUT2D eigenvalue weighted by Crippen LogP contribution is -2.43. The Labute approximate surface area is 190 Å². The molecule has 32 heavy (non-hydrogen) atoms. The summed E-state index contributed by atoms with van der Waals surface area (Å²) in [6, 6.07) is 11.8. The molecule has 0 spiro atoms. The molecule has 4 aromatic rings. The first-order valence-electron chi connectivity index (χ1n) is 10.8. The monoisotopic (exact) mass is 447 g/mol. The number of thiazole rings is 1. The van der Waals surface area contributed by atoms with Crippen LogP contribution in [0.5, 0.6) is 0 Å². The van der Waals surface area contributed by atoms with E-state index in [1.54, 1.807) is 22.4 Å². The van der Waals surface area contributed by atoms with Gasteiger partial charge in [-0.3, -0.25) is 19.6 Å². The van der Waals surface area contributed by atoms with Gasteiger partial charge < -0.3 is 4.74 Å². The first-order valence-corrected chi connectivity index (χ1v) is 11.6. The Morgan fingerprint density at radius 2 is 1.88 bits per heavy atom. The number of anilines is 1. The van der Waals surface area contributed by atoms with Crippen LogP contribution in [0.2, 0.25) is 0 Å². The molecule has 1 saturated heterocycles. The molecule has 0 bridgehead atoms. The van der Waals surface area contributed by atoms with Crippen molar-refractivity contribution in [2.24, 2.45) is 0 Å². The van der Waals surface area contributed by atoms with Crippen LogP contribution in [0.4, 0.5) is 5.13 Å². The molecule has 2 aromatic heterocycles. The van der Waals surface area contributed by atoms with Gasteiger partial charge in [-0.15, -0.1) is 0 Å². The van der Waals surface area contributed by atoms with Crippen LogP contribution in [-0.2, 0) is 4.74 Å². The molecule has 7 nitrogen and oxygen atoms in total. The van der Waals surface area contributed by atoms with Crippen LogP contribution in [0.3, 0.4) is 0 Å². The summed E-state index contributed by atoms with van der Waals surface area (Å²) in [6.45, 7) is 8.64. The van der Waals surface area contributed by atoms with E-state index in [-0.39, 0.29) is 5.91 Å². The van der Waals surface area contributed by atoms with Crippen molar-refractivity contribution in [1.29, 1.82) is 0 Å². The third kappa shape index (κ3) is 4.21. The molecule has 1 fully saturated rings. The molecule has 164 valence electrons. The van der Waals surface area contributed by atoms with Gasteiger partial charge >= 0.3 is 0 Å². The predicted molar refractivity (Wildman–Crippen MR) is 128 cm³/mol. The van der Waals surface area contributed by atoms with Gasteiger partial charge in [0.2, 0.25) is 0 Å². The molecule has 0 radical (unpaired) electrons. The maximum atomic E-state index is 13.6. The smallest absolute Gasteiger partial charge is 0.280 e. The number of amides is 1. The minimum Gasteiger partial charge on any atom is -0.379 e. The first-order chi connectivity index (χ1) is 15.6. The summed E-state index contributed by atoms with van der Waals surface area (Å²) in [6.07, 6.45) is 1.56. The van der Waals surface area contributed by atoms with Crippen molar-refractivity contribution in [3.05, 3.63) is 59.4 Å². The van der Waals surface area contributed by atoms with E-state index >= 15 is 0 Å². The number of para-hydroxylation sites is 2. The molecule has 0 N–H and O–H groups in total. The molecular formula is C24H25N5O2S. The molecule has 0 atom stereocenters. The summed E-state index contributed by atoms with van der Waals surface area (Å²) in [5, 5.41) is 0.696. The second-order valence-corrected chi connectivity index (χ2v) is 9.06. The number of nitrogens with zero attached hydrogens (tertiary/aromatic N) is 5. The quantitative estimate of drug-likeness (QED) is 0.463. The van der Waals surface area contributed by atoms with E-state index in [2.05, 4.69) is 40.8 Å². The van der Waals surface area contributed by atoms with Crippen molar-refractivity contribution < 1.29 is 9.53 Å². The average Bonchev–Trinajstić information content (AvgIpc) is 3.23. The number of hydrogen-bond acceptors (Lipinski definition) is 7. The minimum absolute atomic E-state index is 0.176. The zero-order chi connectivity index (χ0) is 22.1. The normalized spacial score (nSPS) is 14.8. The number of carbonyl (C=O) groups excluding carboxylic acids is 1. The number of benzene rings is 2. The van der Waals surface area contributed by atoms with Crippen molar-refractivity contribution in [2.45, 2.75) is 13.8 Å². The summed E-state index contributed by atoms with van der Waals surface area (Å²) in [5.41, 5.74) is 5.08. The van der Waals surface area contributed by atoms with Gasteiger partial charge in [-0.05, 0) is 43.2 Å². The molecule has 2 aromatic carbocycles. The van der Waals surface area contributed by atoms with Gasteiger partial charge in [0.15, 0.2) is 5.13 Å². The fourth-order valence-corrected chi connectivity index (χ4v) is 5.07. The molecule has 0 aliphatic carbocycles. The van der Waals surface area contributed by atoms with E-state index in [0.717, 1.165) is 48.6 Å². The lowest BCUT2D eigenvalue weighted by Gasteiger charge is -2.29. The van der Waals surface area contributed by atoms with Gasteiger partial charge in [-0.25, -0.2) is 9.97 Å². The summed E-state index contributed by atoms with van der Waals surface area (Å²) in [5.74, 6) is -0.176.